The molecule has 1 saturated carbocycles. The molecule has 5 heteroatoms. The first-order valence-electron chi connectivity index (χ1n) is 7.61. The second-order valence-electron chi connectivity index (χ2n) is 5.87. The Balaban J connectivity index is 1.50. The minimum absolute atomic E-state index is 0.0313. The average molecular weight is 274 g/mol. The highest BCUT2D eigenvalue weighted by Gasteiger charge is 2.34. The van der Waals surface area contributed by atoms with Gasteiger partial charge in [0.15, 0.2) is 0 Å². The standard InChI is InChI=1S/C15H22N4O/c20-15(17-9-12-7-8-16-10-18-12)14-6-5-11-3-1-2-4-13(11)19-14/h7-8,10-11,13-14,19H,1-6,9H2,(H,17,20). The second kappa shape index (κ2) is 6.31. The van der Waals surface area contributed by atoms with E-state index < -0.39 is 0 Å². The molecule has 108 valence electrons. The second-order valence-corrected chi connectivity index (χ2v) is 5.87. The molecule has 1 saturated heterocycles. The van der Waals surface area contributed by atoms with Crippen molar-refractivity contribution in [3.63, 3.8) is 0 Å². The summed E-state index contributed by atoms with van der Waals surface area (Å²) in [6, 6.07) is 2.34. The molecule has 20 heavy (non-hydrogen) atoms. The minimum atomic E-state index is -0.0313. The Morgan fingerprint density at radius 1 is 1.30 bits per heavy atom. The zero-order valence-corrected chi connectivity index (χ0v) is 11.7. The number of piperidine rings is 1. The molecule has 3 rings (SSSR count). The lowest BCUT2D eigenvalue weighted by atomic mass is 9.77. The number of nitrogens with one attached hydrogen (secondary N) is 2. The van der Waals surface area contributed by atoms with Crippen LogP contribution in [0.5, 0.6) is 0 Å². The highest BCUT2D eigenvalue weighted by Crippen LogP contribution is 2.32. The molecule has 3 unspecified atom stereocenters. The van der Waals surface area contributed by atoms with Gasteiger partial charge in [0.1, 0.15) is 6.33 Å². The summed E-state index contributed by atoms with van der Waals surface area (Å²) in [5.41, 5.74) is 0.847. The number of fused-ring (bicyclic) bond motifs is 1. The lowest BCUT2D eigenvalue weighted by Crippen LogP contribution is -2.54. The Morgan fingerprint density at radius 2 is 2.20 bits per heavy atom. The van der Waals surface area contributed by atoms with Crippen molar-refractivity contribution in [2.24, 2.45) is 5.92 Å². The molecule has 1 amide bonds. The Hall–Kier alpha value is -1.49. The molecule has 0 spiro atoms. The fourth-order valence-electron chi connectivity index (χ4n) is 3.43. The number of hydrogen-bond donors (Lipinski definition) is 2. The van der Waals surface area contributed by atoms with Crippen molar-refractivity contribution < 1.29 is 4.79 Å². The van der Waals surface area contributed by atoms with Crippen LogP contribution in [0.15, 0.2) is 18.6 Å². The normalized spacial score (nSPS) is 29.5. The fraction of sp³-hybridized carbons (Fsp3) is 0.667. The van der Waals surface area contributed by atoms with Crippen LogP contribution in [-0.2, 0) is 11.3 Å². The topological polar surface area (TPSA) is 66.9 Å². The fourth-order valence-corrected chi connectivity index (χ4v) is 3.43. The van der Waals surface area contributed by atoms with Crippen LogP contribution >= 0.6 is 0 Å². The molecule has 2 heterocycles. The maximum atomic E-state index is 12.2. The Bertz CT molecular complexity index is 450. The number of carbonyl (C=O) groups is 1. The summed E-state index contributed by atoms with van der Waals surface area (Å²) < 4.78 is 0. The largest absolute Gasteiger partial charge is 0.349 e. The quantitative estimate of drug-likeness (QED) is 0.874. The predicted octanol–water partition coefficient (Wildman–Crippen LogP) is 1.40. The van der Waals surface area contributed by atoms with Gasteiger partial charge in [-0.05, 0) is 37.7 Å². The molecule has 3 atom stereocenters. The van der Waals surface area contributed by atoms with Gasteiger partial charge in [0.05, 0.1) is 18.3 Å². The Labute approximate surface area is 119 Å². The predicted molar refractivity (Wildman–Crippen MR) is 75.8 cm³/mol. The summed E-state index contributed by atoms with van der Waals surface area (Å²) in [7, 11) is 0. The van der Waals surface area contributed by atoms with Gasteiger partial charge in [-0.15, -0.1) is 0 Å². The zero-order valence-electron chi connectivity index (χ0n) is 11.7. The van der Waals surface area contributed by atoms with Gasteiger partial charge in [0.25, 0.3) is 0 Å². The monoisotopic (exact) mass is 274 g/mol. The van der Waals surface area contributed by atoms with Crippen molar-refractivity contribution in [1.82, 2.24) is 20.6 Å². The number of carbonyl (C=O) groups excluding carboxylic acids is 1. The third kappa shape index (κ3) is 3.15. The minimum Gasteiger partial charge on any atom is -0.349 e. The molecular weight excluding hydrogens is 252 g/mol. The first-order valence-corrected chi connectivity index (χ1v) is 7.61. The van der Waals surface area contributed by atoms with Crippen molar-refractivity contribution in [1.29, 1.82) is 0 Å². The summed E-state index contributed by atoms with van der Waals surface area (Å²) in [6.45, 7) is 0.480. The van der Waals surface area contributed by atoms with Crippen molar-refractivity contribution in [2.75, 3.05) is 0 Å². The van der Waals surface area contributed by atoms with E-state index in [-0.39, 0.29) is 11.9 Å². The lowest BCUT2D eigenvalue weighted by molar-refractivity contribution is -0.124. The number of aromatic nitrogens is 2. The molecule has 1 aliphatic heterocycles. The van der Waals surface area contributed by atoms with Gasteiger partial charge in [-0.2, -0.15) is 0 Å². The van der Waals surface area contributed by atoms with E-state index in [0.29, 0.717) is 12.6 Å². The van der Waals surface area contributed by atoms with Crippen molar-refractivity contribution in [3.8, 4) is 0 Å². The molecule has 0 bridgehead atoms. The molecule has 2 aliphatic rings. The zero-order chi connectivity index (χ0) is 13.8. The Kier molecular flexibility index (Phi) is 4.25. The van der Waals surface area contributed by atoms with E-state index in [1.165, 1.54) is 38.4 Å². The first-order chi connectivity index (χ1) is 9.83. The van der Waals surface area contributed by atoms with E-state index in [9.17, 15) is 4.79 Å². The van der Waals surface area contributed by atoms with Crippen LogP contribution in [0.25, 0.3) is 0 Å². The van der Waals surface area contributed by atoms with Gasteiger partial charge in [-0.3, -0.25) is 4.79 Å². The van der Waals surface area contributed by atoms with Gasteiger partial charge in [0, 0.05) is 12.2 Å². The lowest BCUT2D eigenvalue weighted by Gasteiger charge is -2.39. The molecule has 2 N–H and O–H groups in total. The van der Waals surface area contributed by atoms with E-state index >= 15 is 0 Å². The van der Waals surface area contributed by atoms with Crippen LogP contribution in [0, 0.1) is 5.92 Å². The van der Waals surface area contributed by atoms with Crippen molar-refractivity contribution >= 4 is 5.91 Å². The van der Waals surface area contributed by atoms with Gasteiger partial charge < -0.3 is 10.6 Å². The smallest absolute Gasteiger partial charge is 0.237 e. The van der Waals surface area contributed by atoms with Crippen LogP contribution in [0.1, 0.15) is 44.2 Å². The van der Waals surface area contributed by atoms with Crippen molar-refractivity contribution in [3.05, 3.63) is 24.3 Å². The third-order valence-electron chi connectivity index (χ3n) is 4.55. The molecule has 1 aromatic heterocycles. The van der Waals surface area contributed by atoms with E-state index in [4.69, 9.17) is 0 Å². The van der Waals surface area contributed by atoms with E-state index in [0.717, 1.165) is 18.0 Å². The Morgan fingerprint density at radius 3 is 3.05 bits per heavy atom. The van der Waals surface area contributed by atoms with Crippen LogP contribution < -0.4 is 10.6 Å². The summed E-state index contributed by atoms with van der Waals surface area (Å²) in [4.78, 5) is 20.2. The third-order valence-corrected chi connectivity index (χ3v) is 4.55. The van der Waals surface area contributed by atoms with Crippen LogP contribution in [0.3, 0.4) is 0 Å². The van der Waals surface area contributed by atoms with Gasteiger partial charge >= 0.3 is 0 Å². The SMILES string of the molecule is O=C(NCc1ccncn1)C1CCC2CCCCC2N1. The maximum Gasteiger partial charge on any atom is 0.237 e. The molecular formula is C15H22N4O. The van der Waals surface area contributed by atoms with Crippen molar-refractivity contribution in [2.45, 2.75) is 57.2 Å². The number of rotatable bonds is 3. The summed E-state index contributed by atoms with van der Waals surface area (Å²) in [5.74, 6) is 0.891. The highest BCUT2D eigenvalue weighted by molar-refractivity contribution is 5.81. The molecule has 0 aromatic carbocycles. The maximum absolute atomic E-state index is 12.2. The van der Waals surface area contributed by atoms with E-state index in [1.54, 1.807) is 6.20 Å². The van der Waals surface area contributed by atoms with Crippen LogP contribution in [0.4, 0.5) is 0 Å². The molecule has 1 aromatic rings. The van der Waals surface area contributed by atoms with Gasteiger partial charge in [0.2, 0.25) is 5.91 Å². The van der Waals surface area contributed by atoms with E-state index in [1.807, 2.05) is 6.07 Å². The summed E-state index contributed by atoms with van der Waals surface area (Å²) >= 11 is 0. The summed E-state index contributed by atoms with van der Waals surface area (Å²) in [5, 5.41) is 6.52. The average Bonchev–Trinajstić information content (AvgIpc) is 2.53. The number of amides is 1. The highest BCUT2D eigenvalue weighted by atomic mass is 16.2. The van der Waals surface area contributed by atoms with Gasteiger partial charge in [-0.1, -0.05) is 12.8 Å². The molecule has 2 fully saturated rings. The molecule has 5 nitrogen and oxygen atoms in total. The summed E-state index contributed by atoms with van der Waals surface area (Å²) in [6.07, 6.45) is 10.5. The number of hydrogen-bond acceptors (Lipinski definition) is 4. The van der Waals surface area contributed by atoms with Crippen LogP contribution in [0.2, 0.25) is 0 Å². The first kappa shape index (κ1) is 13.5. The molecule has 0 radical (unpaired) electrons. The van der Waals surface area contributed by atoms with Crippen LogP contribution in [-0.4, -0.2) is 28.0 Å². The van der Waals surface area contributed by atoms with Gasteiger partial charge in [-0.25, -0.2) is 9.97 Å². The van der Waals surface area contributed by atoms with E-state index in [2.05, 4.69) is 20.6 Å². The molecule has 1 aliphatic carbocycles. The number of nitrogens with zero attached hydrogens (tertiary/aromatic N) is 2.